The van der Waals surface area contributed by atoms with Crippen LogP contribution in [-0.2, 0) is 9.53 Å². The van der Waals surface area contributed by atoms with E-state index >= 15 is 0 Å². The van der Waals surface area contributed by atoms with Crippen LogP contribution in [0.25, 0.3) is 0 Å². The number of carbonyl (C=O) groups excluding carboxylic acids is 2. The van der Waals surface area contributed by atoms with Gasteiger partial charge in [-0.2, -0.15) is 10.5 Å². The minimum atomic E-state index is -0.637. The number of benzene rings is 2. The summed E-state index contributed by atoms with van der Waals surface area (Å²) < 4.78 is 5.25. The first-order chi connectivity index (χ1) is 18.1. The number of nitrogens with zero attached hydrogens (tertiary/aromatic N) is 3. The van der Waals surface area contributed by atoms with Gasteiger partial charge in [-0.1, -0.05) is 66.7 Å². The van der Waals surface area contributed by atoms with Gasteiger partial charge in [-0.05, 0) is 42.9 Å². The van der Waals surface area contributed by atoms with E-state index in [1.165, 1.54) is 0 Å². The van der Waals surface area contributed by atoms with Crippen molar-refractivity contribution in [3.05, 3.63) is 107 Å². The molecule has 3 aliphatic rings. The van der Waals surface area contributed by atoms with E-state index in [0.717, 1.165) is 24.0 Å². The largest absolute Gasteiger partial charge is 0.462 e. The van der Waals surface area contributed by atoms with Crippen LogP contribution in [0.1, 0.15) is 41.6 Å². The van der Waals surface area contributed by atoms with Gasteiger partial charge in [0.1, 0.15) is 17.7 Å². The van der Waals surface area contributed by atoms with Crippen LogP contribution in [-0.4, -0.2) is 35.3 Å². The molecular formula is C31H27N3O3. The van der Waals surface area contributed by atoms with Crippen molar-refractivity contribution in [2.45, 2.75) is 37.8 Å². The van der Waals surface area contributed by atoms with Gasteiger partial charge in [0.05, 0.1) is 24.3 Å². The van der Waals surface area contributed by atoms with E-state index < -0.39 is 12.0 Å². The second-order valence-corrected chi connectivity index (χ2v) is 9.57. The predicted octanol–water partition coefficient (Wildman–Crippen LogP) is 5.09. The molecule has 2 aromatic carbocycles. The van der Waals surface area contributed by atoms with Crippen molar-refractivity contribution in [3.8, 4) is 12.1 Å². The normalized spacial score (nSPS) is 23.8. The Morgan fingerprint density at radius 3 is 2.24 bits per heavy atom. The van der Waals surface area contributed by atoms with Crippen molar-refractivity contribution in [2.75, 3.05) is 6.61 Å². The standard InChI is InChI=1S/C31H27N3O3/c1-2-37-31(36)23-15-16-25-28(26(21-13-14-21)24(17-32)18-33)27(20-9-5-3-6-10-20)29(34(25)19-23)30(35)22-11-7-4-8-12-22/h3-12,15-16,19,21,25,27-29H,2,13-14H2,1H3. The fourth-order valence-electron chi connectivity index (χ4n) is 5.80. The van der Waals surface area contributed by atoms with Crippen molar-refractivity contribution in [2.24, 2.45) is 11.8 Å². The van der Waals surface area contributed by atoms with E-state index in [2.05, 4.69) is 12.1 Å². The summed E-state index contributed by atoms with van der Waals surface area (Å²) >= 11 is 0. The van der Waals surface area contributed by atoms with E-state index in [4.69, 9.17) is 4.74 Å². The Bertz CT molecular complexity index is 1360. The summed E-state index contributed by atoms with van der Waals surface area (Å²) in [6.45, 7) is 2.00. The van der Waals surface area contributed by atoms with Crippen LogP contribution >= 0.6 is 0 Å². The van der Waals surface area contributed by atoms with Gasteiger partial charge in [-0.15, -0.1) is 0 Å². The summed E-state index contributed by atoms with van der Waals surface area (Å²) in [5.74, 6) is -0.980. The smallest absolute Gasteiger partial charge is 0.339 e. The zero-order valence-electron chi connectivity index (χ0n) is 20.6. The van der Waals surface area contributed by atoms with Crippen LogP contribution in [0, 0.1) is 34.5 Å². The minimum absolute atomic E-state index is 0.0673. The molecule has 0 bridgehead atoms. The van der Waals surface area contributed by atoms with Crippen LogP contribution < -0.4 is 0 Å². The van der Waals surface area contributed by atoms with Gasteiger partial charge in [0.2, 0.25) is 0 Å². The highest BCUT2D eigenvalue weighted by molar-refractivity contribution is 6.01. The fourth-order valence-corrected chi connectivity index (χ4v) is 5.80. The summed E-state index contributed by atoms with van der Waals surface area (Å²) in [5.41, 5.74) is 2.87. The summed E-state index contributed by atoms with van der Waals surface area (Å²) in [6.07, 6.45) is 7.23. The predicted molar refractivity (Wildman–Crippen MR) is 138 cm³/mol. The highest BCUT2D eigenvalue weighted by Gasteiger charge is 2.55. The van der Waals surface area contributed by atoms with E-state index in [-0.39, 0.29) is 41.8 Å². The molecule has 2 aromatic rings. The lowest BCUT2D eigenvalue weighted by atomic mass is 9.73. The van der Waals surface area contributed by atoms with E-state index in [1.54, 1.807) is 31.3 Å². The molecule has 37 heavy (non-hydrogen) atoms. The van der Waals surface area contributed by atoms with Crippen LogP contribution in [0.4, 0.5) is 0 Å². The Hall–Kier alpha value is -4.42. The molecule has 2 heterocycles. The van der Waals surface area contributed by atoms with Crippen molar-refractivity contribution in [1.82, 2.24) is 4.90 Å². The second-order valence-electron chi connectivity index (χ2n) is 9.57. The number of rotatable bonds is 7. The summed E-state index contributed by atoms with van der Waals surface area (Å²) in [6, 6.07) is 22.3. The Balaban J connectivity index is 1.73. The number of Topliss-reactive ketones (excluding diaryl/α,β-unsaturated/α-hetero) is 1. The number of fused-ring (bicyclic) bond motifs is 1. The zero-order chi connectivity index (χ0) is 25.9. The van der Waals surface area contributed by atoms with Crippen LogP contribution in [0.5, 0.6) is 0 Å². The highest BCUT2D eigenvalue weighted by Crippen LogP contribution is 2.54. The molecule has 6 heteroatoms. The number of nitriles is 2. The maximum Gasteiger partial charge on any atom is 0.339 e. The molecule has 5 rings (SSSR count). The Kier molecular flexibility index (Phi) is 6.75. The van der Waals surface area contributed by atoms with Gasteiger partial charge in [0.25, 0.3) is 0 Å². The summed E-state index contributed by atoms with van der Waals surface area (Å²) in [7, 11) is 0. The van der Waals surface area contributed by atoms with E-state index in [9.17, 15) is 20.1 Å². The number of allylic oxidation sites excluding steroid dienone is 1. The first-order valence-corrected chi connectivity index (χ1v) is 12.6. The number of hydrogen-bond donors (Lipinski definition) is 0. The summed E-state index contributed by atoms with van der Waals surface area (Å²) in [5, 5.41) is 19.8. The third kappa shape index (κ3) is 4.47. The van der Waals surface area contributed by atoms with Gasteiger partial charge < -0.3 is 9.64 Å². The van der Waals surface area contributed by atoms with Crippen molar-refractivity contribution in [3.63, 3.8) is 0 Å². The number of carbonyl (C=O) groups is 2. The molecular weight excluding hydrogens is 462 g/mol. The van der Waals surface area contributed by atoms with Crippen molar-refractivity contribution < 1.29 is 14.3 Å². The number of hydrogen-bond acceptors (Lipinski definition) is 6. The molecule has 2 fully saturated rings. The number of esters is 1. The molecule has 2 aliphatic heterocycles. The van der Waals surface area contributed by atoms with E-state index in [0.29, 0.717) is 11.1 Å². The monoisotopic (exact) mass is 489 g/mol. The lowest BCUT2D eigenvalue weighted by Crippen LogP contribution is -2.40. The highest BCUT2D eigenvalue weighted by atomic mass is 16.5. The van der Waals surface area contributed by atoms with Crippen LogP contribution in [0.15, 0.2) is 95.7 Å². The third-order valence-electron chi connectivity index (χ3n) is 7.43. The number of ketones is 1. The molecule has 6 nitrogen and oxygen atoms in total. The third-order valence-corrected chi connectivity index (χ3v) is 7.43. The minimum Gasteiger partial charge on any atom is -0.462 e. The molecule has 0 spiro atoms. The molecule has 1 aliphatic carbocycles. The Morgan fingerprint density at radius 2 is 1.65 bits per heavy atom. The Morgan fingerprint density at radius 1 is 1.00 bits per heavy atom. The van der Waals surface area contributed by atoms with Gasteiger partial charge in [0.15, 0.2) is 5.78 Å². The average molecular weight is 490 g/mol. The summed E-state index contributed by atoms with van der Waals surface area (Å²) in [4.78, 5) is 28.8. The SMILES string of the molecule is CCOC(=O)C1=CN2C(C=C1)C(C(=C(C#N)C#N)C1CC1)C(c1ccccc1)C2C(=O)c1ccccc1. The van der Waals surface area contributed by atoms with Gasteiger partial charge in [-0.3, -0.25) is 4.79 Å². The fraction of sp³-hybridized carbons (Fsp3) is 0.290. The Labute approximate surface area is 216 Å². The first-order valence-electron chi connectivity index (χ1n) is 12.6. The molecule has 1 saturated heterocycles. The van der Waals surface area contributed by atoms with Gasteiger partial charge in [-0.25, -0.2) is 4.79 Å². The van der Waals surface area contributed by atoms with Crippen LogP contribution in [0.3, 0.4) is 0 Å². The molecule has 0 N–H and O–H groups in total. The quantitative estimate of drug-likeness (QED) is 0.305. The maximum absolute atomic E-state index is 14.2. The zero-order valence-corrected chi connectivity index (χ0v) is 20.6. The number of ether oxygens (including phenoxy) is 1. The van der Waals surface area contributed by atoms with E-state index in [1.807, 2.05) is 59.5 Å². The molecule has 4 unspecified atom stereocenters. The first kappa shape index (κ1) is 24.3. The van der Waals surface area contributed by atoms with Gasteiger partial charge in [0, 0.05) is 23.6 Å². The molecule has 184 valence electrons. The molecule has 0 aromatic heterocycles. The molecule has 1 saturated carbocycles. The second kappa shape index (κ2) is 10.3. The molecule has 0 radical (unpaired) electrons. The molecule has 0 amide bonds. The van der Waals surface area contributed by atoms with Crippen molar-refractivity contribution in [1.29, 1.82) is 10.5 Å². The topological polar surface area (TPSA) is 94.2 Å². The average Bonchev–Trinajstić information content (AvgIpc) is 3.73. The van der Waals surface area contributed by atoms with Gasteiger partial charge >= 0.3 is 5.97 Å². The lowest BCUT2D eigenvalue weighted by molar-refractivity contribution is -0.138. The van der Waals surface area contributed by atoms with Crippen LogP contribution in [0.2, 0.25) is 0 Å². The molecule has 4 atom stereocenters. The lowest BCUT2D eigenvalue weighted by Gasteiger charge is -2.31. The van der Waals surface area contributed by atoms with Crippen molar-refractivity contribution >= 4 is 11.8 Å². The maximum atomic E-state index is 14.2.